The molecule has 0 radical (unpaired) electrons. The molecule has 0 amide bonds. The largest absolute Gasteiger partial charge is 0.416 e. The minimum Gasteiger partial charge on any atom is -0.391 e. The molecule has 4 nitrogen and oxygen atoms in total. The van der Waals surface area contributed by atoms with E-state index in [1.807, 2.05) is 0 Å². The van der Waals surface area contributed by atoms with Crippen molar-refractivity contribution in [2.45, 2.75) is 38.6 Å². The molecular formula is C12H18F3N3O. The summed E-state index contributed by atoms with van der Waals surface area (Å²) in [5.74, 6) is 0.170. The second kappa shape index (κ2) is 5.24. The second-order valence-corrected chi connectivity index (χ2v) is 4.90. The number of rotatable bonds is 4. The lowest BCUT2D eigenvalue weighted by molar-refractivity contribution is -0.137. The molecule has 0 bridgehead atoms. The summed E-state index contributed by atoms with van der Waals surface area (Å²) in [4.78, 5) is 4.00. The van der Waals surface area contributed by atoms with Crippen LogP contribution >= 0.6 is 0 Å². The van der Waals surface area contributed by atoms with Gasteiger partial charge in [-0.1, -0.05) is 0 Å². The number of aliphatic hydroxyl groups is 1. The van der Waals surface area contributed by atoms with Crippen molar-refractivity contribution in [3.63, 3.8) is 0 Å². The van der Waals surface area contributed by atoms with Crippen molar-refractivity contribution in [2.75, 3.05) is 17.7 Å². The normalized spacial score (nSPS) is 14.1. The third-order valence-corrected chi connectivity index (χ3v) is 2.90. The summed E-state index contributed by atoms with van der Waals surface area (Å²) in [6.07, 6.45) is -5.19. The zero-order chi connectivity index (χ0) is 14.8. The zero-order valence-electron chi connectivity index (χ0n) is 11.3. The number of pyridine rings is 1. The molecule has 108 valence electrons. The van der Waals surface area contributed by atoms with Crippen molar-refractivity contribution in [3.8, 4) is 0 Å². The summed E-state index contributed by atoms with van der Waals surface area (Å²) in [6.45, 7) is 4.91. The molecular weight excluding hydrogens is 259 g/mol. The van der Waals surface area contributed by atoms with Crippen LogP contribution in [0.15, 0.2) is 12.1 Å². The van der Waals surface area contributed by atoms with Crippen molar-refractivity contribution < 1.29 is 18.3 Å². The van der Waals surface area contributed by atoms with Crippen LogP contribution in [-0.4, -0.2) is 28.8 Å². The topological polar surface area (TPSA) is 57.2 Å². The Kier molecular flexibility index (Phi) is 4.29. The van der Waals surface area contributed by atoms with Crippen molar-refractivity contribution in [3.05, 3.63) is 17.7 Å². The number of anilines is 2. The van der Waals surface area contributed by atoms with Gasteiger partial charge in [0.05, 0.1) is 17.2 Å². The highest BCUT2D eigenvalue weighted by Crippen LogP contribution is 2.32. The Bertz CT molecular complexity index is 444. The molecule has 0 spiro atoms. The molecule has 0 aliphatic heterocycles. The number of aromatic nitrogens is 1. The number of alkyl halides is 3. The van der Waals surface area contributed by atoms with Crippen LogP contribution in [0.2, 0.25) is 0 Å². The van der Waals surface area contributed by atoms with Crippen LogP contribution in [0.4, 0.5) is 24.8 Å². The predicted molar refractivity (Wildman–Crippen MR) is 68.2 cm³/mol. The second-order valence-electron chi connectivity index (χ2n) is 4.90. The Morgan fingerprint density at radius 2 is 1.74 bits per heavy atom. The summed E-state index contributed by atoms with van der Waals surface area (Å²) < 4.78 is 38.2. The molecule has 1 aromatic rings. The third kappa shape index (κ3) is 3.99. The van der Waals surface area contributed by atoms with E-state index in [9.17, 15) is 18.3 Å². The van der Waals surface area contributed by atoms with Crippen molar-refractivity contribution in [2.24, 2.45) is 0 Å². The minimum atomic E-state index is -4.44. The minimum absolute atomic E-state index is 0.0603. The van der Waals surface area contributed by atoms with Crippen LogP contribution < -0.4 is 10.6 Å². The van der Waals surface area contributed by atoms with Gasteiger partial charge in [-0.05, 0) is 32.9 Å². The van der Waals surface area contributed by atoms with Gasteiger partial charge in [0.2, 0.25) is 0 Å². The standard InChI is InChI=1S/C12H18F3N3O/c1-7(19)11(2,3)18-10-6-8(12(13,14)15)5-9(16-4)17-10/h5-7,19H,1-4H3,(H2,16,17,18). The first kappa shape index (κ1) is 15.6. The molecule has 0 fully saturated rings. The number of hydrogen-bond donors (Lipinski definition) is 3. The lowest BCUT2D eigenvalue weighted by atomic mass is 9.99. The van der Waals surface area contributed by atoms with Gasteiger partial charge in [-0.25, -0.2) is 4.98 Å². The maximum Gasteiger partial charge on any atom is 0.416 e. The highest BCUT2D eigenvalue weighted by Gasteiger charge is 2.32. The summed E-state index contributed by atoms with van der Waals surface area (Å²) in [5, 5.41) is 15.0. The van der Waals surface area contributed by atoms with E-state index < -0.39 is 23.4 Å². The number of nitrogens with zero attached hydrogens (tertiary/aromatic N) is 1. The van der Waals surface area contributed by atoms with Gasteiger partial charge in [0.15, 0.2) is 0 Å². The fraction of sp³-hybridized carbons (Fsp3) is 0.583. The van der Waals surface area contributed by atoms with Crippen LogP contribution in [0.1, 0.15) is 26.3 Å². The van der Waals surface area contributed by atoms with E-state index in [0.717, 1.165) is 12.1 Å². The van der Waals surface area contributed by atoms with Crippen LogP contribution in [0.5, 0.6) is 0 Å². The van der Waals surface area contributed by atoms with E-state index >= 15 is 0 Å². The Hall–Kier alpha value is -1.50. The van der Waals surface area contributed by atoms with Gasteiger partial charge in [-0.2, -0.15) is 13.2 Å². The van der Waals surface area contributed by atoms with Gasteiger partial charge < -0.3 is 15.7 Å². The lowest BCUT2D eigenvalue weighted by Gasteiger charge is -2.30. The fourth-order valence-corrected chi connectivity index (χ4v) is 1.32. The molecule has 1 rings (SSSR count). The van der Waals surface area contributed by atoms with Gasteiger partial charge in [0, 0.05) is 7.05 Å². The molecule has 0 saturated carbocycles. The van der Waals surface area contributed by atoms with Crippen LogP contribution in [-0.2, 0) is 6.18 Å². The van der Waals surface area contributed by atoms with E-state index in [4.69, 9.17) is 0 Å². The third-order valence-electron chi connectivity index (χ3n) is 2.90. The Morgan fingerprint density at radius 3 is 2.16 bits per heavy atom. The highest BCUT2D eigenvalue weighted by molar-refractivity contribution is 5.50. The quantitative estimate of drug-likeness (QED) is 0.792. The van der Waals surface area contributed by atoms with Gasteiger partial charge in [0.25, 0.3) is 0 Å². The highest BCUT2D eigenvalue weighted by atomic mass is 19.4. The van der Waals surface area contributed by atoms with Crippen LogP contribution in [0, 0.1) is 0 Å². The first-order valence-electron chi connectivity index (χ1n) is 5.79. The van der Waals surface area contributed by atoms with Gasteiger partial charge >= 0.3 is 6.18 Å². The molecule has 1 aromatic heterocycles. The van der Waals surface area contributed by atoms with Crippen molar-refractivity contribution in [1.29, 1.82) is 0 Å². The molecule has 1 heterocycles. The maximum absolute atomic E-state index is 12.7. The van der Waals surface area contributed by atoms with Gasteiger partial charge in [0.1, 0.15) is 11.6 Å². The van der Waals surface area contributed by atoms with E-state index in [-0.39, 0.29) is 11.6 Å². The number of aliphatic hydroxyl groups excluding tert-OH is 1. The SMILES string of the molecule is CNc1cc(C(F)(F)F)cc(NC(C)(C)C(C)O)n1. The molecule has 19 heavy (non-hydrogen) atoms. The number of nitrogens with one attached hydrogen (secondary N) is 2. The molecule has 1 unspecified atom stereocenters. The smallest absolute Gasteiger partial charge is 0.391 e. The molecule has 0 saturated heterocycles. The molecule has 0 aliphatic rings. The predicted octanol–water partition coefficient (Wildman–Crippen LogP) is 2.71. The molecule has 1 atom stereocenters. The summed E-state index contributed by atoms with van der Waals surface area (Å²) in [7, 11) is 1.49. The van der Waals surface area contributed by atoms with Crippen LogP contribution in [0.25, 0.3) is 0 Å². The van der Waals surface area contributed by atoms with Crippen molar-refractivity contribution >= 4 is 11.6 Å². The molecule has 7 heteroatoms. The van der Waals surface area contributed by atoms with Gasteiger partial charge in [-0.15, -0.1) is 0 Å². The first-order chi connectivity index (χ1) is 8.56. The van der Waals surface area contributed by atoms with E-state index in [1.165, 1.54) is 7.05 Å². The van der Waals surface area contributed by atoms with E-state index in [1.54, 1.807) is 20.8 Å². The van der Waals surface area contributed by atoms with E-state index in [0.29, 0.717) is 0 Å². The molecule has 0 aliphatic carbocycles. The average Bonchev–Trinajstić information content (AvgIpc) is 2.26. The summed E-state index contributed by atoms with van der Waals surface area (Å²) >= 11 is 0. The monoisotopic (exact) mass is 277 g/mol. The Balaban J connectivity index is 3.15. The Morgan fingerprint density at radius 1 is 1.21 bits per heavy atom. The van der Waals surface area contributed by atoms with Crippen molar-refractivity contribution in [1.82, 2.24) is 4.98 Å². The first-order valence-corrected chi connectivity index (χ1v) is 5.79. The lowest BCUT2D eigenvalue weighted by Crippen LogP contribution is -2.42. The number of hydrogen-bond acceptors (Lipinski definition) is 4. The van der Waals surface area contributed by atoms with Crippen LogP contribution in [0.3, 0.4) is 0 Å². The summed E-state index contributed by atoms with van der Waals surface area (Å²) in [5.41, 5.74) is -1.59. The Labute approximate surface area is 110 Å². The number of halogens is 3. The average molecular weight is 277 g/mol. The fourth-order valence-electron chi connectivity index (χ4n) is 1.32. The maximum atomic E-state index is 12.7. The summed E-state index contributed by atoms with van der Waals surface area (Å²) in [6, 6.07) is 1.85. The zero-order valence-corrected chi connectivity index (χ0v) is 11.3. The van der Waals surface area contributed by atoms with Gasteiger partial charge in [-0.3, -0.25) is 0 Å². The molecule has 0 aromatic carbocycles. The van der Waals surface area contributed by atoms with E-state index in [2.05, 4.69) is 15.6 Å². The molecule has 3 N–H and O–H groups in total.